The van der Waals surface area contributed by atoms with Gasteiger partial charge in [-0.25, -0.2) is 17.9 Å². The minimum absolute atomic E-state index is 0.0135. The largest absolute Gasteiger partial charge is 0.477 e. The van der Waals surface area contributed by atoms with Gasteiger partial charge in [0.15, 0.2) is 6.61 Å². The zero-order valence-electron chi connectivity index (χ0n) is 13.9. The summed E-state index contributed by atoms with van der Waals surface area (Å²) in [7, 11) is -3.76. The number of amides is 1. The van der Waals surface area contributed by atoms with Crippen molar-refractivity contribution in [1.29, 1.82) is 0 Å². The van der Waals surface area contributed by atoms with Crippen LogP contribution in [0.2, 0.25) is 0 Å². The van der Waals surface area contributed by atoms with Crippen molar-refractivity contribution in [2.24, 2.45) is 5.14 Å². The number of nitrogens with zero attached hydrogens (tertiary/aromatic N) is 1. The van der Waals surface area contributed by atoms with Gasteiger partial charge in [-0.05, 0) is 30.2 Å². The Kier molecular flexibility index (Phi) is 6.42. The maximum atomic E-state index is 13.2. The Labute approximate surface area is 154 Å². The van der Waals surface area contributed by atoms with E-state index < -0.39 is 39.0 Å². The number of primary sulfonamides is 1. The molecule has 2 aromatic rings. The number of hydrogen-bond donors (Lipinski definition) is 2. The lowest BCUT2D eigenvalue weighted by Crippen LogP contribution is -2.30. The van der Waals surface area contributed by atoms with Gasteiger partial charge in [0.05, 0.1) is 9.82 Å². The second-order valence-corrected chi connectivity index (χ2v) is 7.01. The van der Waals surface area contributed by atoms with Crippen molar-refractivity contribution in [3.05, 3.63) is 64.0 Å². The summed E-state index contributed by atoms with van der Waals surface area (Å²) in [5, 5.41) is 18.4. The topological polar surface area (TPSA) is 142 Å². The predicted octanol–water partition coefficient (Wildman–Crippen LogP) is 1.12. The molecule has 0 aliphatic carbocycles. The molecule has 3 N–H and O–H groups in total. The van der Waals surface area contributed by atoms with Gasteiger partial charge in [-0.3, -0.25) is 14.9 Å². The number of nitro groups is 1. The standard InChI is InChI=1S/C16H16FN3O6S/c17-12-3-6-14(20(22)23)15(9-12)26-10-16(21)19-8-7-11-1-4-13(5-2-11)27(18,24)25/h1-6,9H,7-8,10H2,(H,19,21)(H2,18,24,25). The molecule has 0 aliphatic heterocycles. The summed E-state index contributed by atoms with van der Waals surface area (Å²) in [6, 6.07) is 8.56. The fourth-order valence-electron chi connectivity index (χ4n) is 2.14. The van der Waals surface area contributed by atoms with Crippen molar-refractivity contribution in [1.82, 2.24) is 5.32 Å². The number of carbonyl (C=O) groups excluding carboxylic acids is 1. The third-order valence-corrected chi connectivity index (χ3v) is 4.39. The minimum Gasteiger partial charge on any atom is -0.477 e. The Morgan fingerprint density at radius 1 is 1.22 bits per heavy atom. The van der Waals surface area contributed by atoms with Crippen LogP contribution in [-0.4, -0.2) is 32.4 Å². The van der Waals surface area contributed by atoms with E-state index in [1.165, 1.54) is 12.1 Å². The zero-order valence-corrected chi connectivity index (χ0v) is 14.7. The van der Waals surface area contributed by atoms with Crippen LogP contribution in [0.4, 0.5) is 10.1 Å². The Morgan fingerprint density at radius 3 is 2.48 bits per heavy atom. The molecule has 0 heterocycles. The minimum atomic E-state index is -3.76. The fourth-order valence-corrected chi connectivity index (χ4v) is 2.66. The van der Waals surface area contributed by atoms with Gasteiger partial charge < -0.3 is 10.1 Å². The summed E-state index contributed by atoms with van der Waals surface area (Å²) in [6.45, 7) is -0.295. The van der Waals surface area contributed by atoms with Crippen LogP contribution in [0.3, 0.4) is 0 Å². The zero-order chi connectivity index (χ0) is 20.0. The van der Waals surface area contributed by atoms with Crippen molar-refractivity contribution >= 4 is 21.6 Å². The van der Waals surface area contributed by atoms with Gasteiger partial charge >= 0.3 is 5.69 Å². The average molecular weight is 397 g/mol. The third-order valence-electron chi connectivity index (χ3n) is 3.47. The van der Waals surface area contributed by atoms with E-state index in [4.69, 9.17) is 9.88 Å². The number of rotatable bonds is 8. The molecule has 0 atom stereocenters. The highest BCUT2D eigenvalue weighted by Crippen LogP contribution is 2.27. The van der Waals surface area contributed by atoms with Crippen LogP contribution in [0, 0.1) is 15.9 Å². The van der Waals surface area contributed by atoms with Crippen LogP contribution in [0.1, 0.15) is 5.56 Å². The monoisotopic (exact) mass is 397 g/mol. The Hall–Kier alpha value is -3.05. The van der Waals surface area contributed by atoms with Gasteiger partial charge in [0.25, 0.3) is 5.91 Å². The predicted molar refractivity (Wildman–Crippen MR) is 93.1 cm³/mol. The van der Waals surface area contributed by atoms with Crippen LogP contribution in [0.15, 0.2) is 47.4 Å². The number of benzene rings is 2. The van der Waals surface area contributed by atoms with Gasteiger partial charge in [-0.1, -0.05) is 12.1 Å². The highest BCUT2D eigenvalue weighted by molar-refractivity contribution is 7.89. The maximum Gasteiger partial charge on any atom is 0.311 e. The quantitative estimate of drug-likeness (QED) is 0.505. The van der Waals surface area contributed by atoms with Gasteiger partial charge in [-0.15, -0.1) is 0 Å². The molecule has 1 amide bonds. The van der Waals surface area contributed by atoms with Crippen molar-refractivity contribution in [2.45, 2.75) is 11.3 Å². The van der Waals surface area contributed by atoms with Gasteiger partial charge in [0, 0.05) is 18.7 Å². The molecule has 144 valence electrons. The molecular weight excluding hydrogens is 381 g/mol. The molecule has 0 saturated heterocycles. The smallest absolute Gasteiger partial charge is 0.311 e. The van der Waals surface area contributed by atoms with Crippen molar-refractivity contribution in [3.8, 4) is 5.75 Å². The molecule has 2 aromatic carbocycles. The molecule has 0 unspecified atom stereocenters. The Morgan fingerprint density at radius 2 is 1.89 bits per heavy atom. The molecular formula is C16H16FN3O6S. The first-order chi connectivity index (χ1) is 12.7. The lowest BCUT2D eigenvalue weighted by Gasteiger charge is -2.08. The molecule has 0 fully saturated rings. The van der Waals surface area contributed by atoms with Crippen LogP contribution in [0.25, 0.3) is 0 Å². The third kappa shape index (κ3) is 6.01. The number of nitro benzene ring substituents is 1. The van der Waals surface area contributed by atoms with E-state index in [-0.39, 0.29) is 17.2 Å². The number of halogens is 1. The van der Waals surface area contributed by atoms with E-state index in [0.29, 0.717) is 6.42 Å². The van der Waals surface area contributed by atoms with Gasteiger partial charge in [-0.2, -0.15) is 0 Å². The van der Waals surface area contributed by atoms with E-state index in [2.05, 4.69) is 5.32 Å². The van der Waals surface area contributed by atoms with E-state index in [0.717, 1.165) is 23.8 Å². The number of sulfonamides is 1. The van der Waals surface area contributed by atoms with E-state index >= 15 is 0 Å². The van der Waals surface area contributed by atoms with E-state index in [1.54, 1.807) is 12.1 Å². The normalized spacial score (nSPS) is 11.0. The molecule has 9 nitrogen and oxygen atoms in total. The molecule has 0 aliphatic rings. The highest BCUT2D eigenvalue weighted by atomic mass is 32.2. The second-order valence-electron chi connectivity index (χ2n) is 5.45. The average Bonchev–Trinajstić information content (AvgIpc) is 2.59. The summed E-state index contributed by atoms with van der Waals surface area (Å²) < 4.78 is 40.5. The number of hydrogen-bond acceptors (Lipinski definition) is 6. The molecule has 0 radical (unpaired) electrons. The SMILES string of the molecule is NS(=O)(=O)c1ccc(CCNC(=O)COc2cc(F)ccc2[N+](=O)[O-])cc1. The van der Waals surface area contributed by atoms with Crippen LogP contribution in [0.5, 0.6) is 5.75 Å². The molecule has 27 heavy (non-hydrogen) atoms. The summed E-state index contributed by atoms with van der Waals surface area (Å²) >= 11 is 0. The molecule has 0 bridgehead atoms. The number of carbonyl (C=O) groups is 1. The molecule has 11 heteroatoms. The second kappa shape index (κ2) is 8.56. The summed E-state index contributed by atoms with van der Waals surface area (Å²) in [4.78, 5) is 21.9. The lowest BCUT2D eigenvalue weighted by atomic mass is 10.1. The first-order valence-electron chi connectivity index (χ1n) is 7.62. The number of nitrogens with one attached hydrogen (secondary N) is 1. The highest BCUT2D eigenvalue weighted by Gasteiger charge is 2.17. The van der Waals surface area contributed by atoms with Crippen molar-refractivity contribution < 1.29 is 27.3 Å². The van der Waals surface area contributed by atoms with Gasteiger partial charge in [0.2, 0.25) is 15.8 Å². The number of nitrogens with two attached hydrogens (primary N) is 1. The van der Waals surface area contributed by atoms with Crippen LogP contribution in [-0.2, 0) is 21.2 Å². The molecule has 0 saturated carbocycles. The first-order valence-corrected chi connectivity index (χ1v) is 9.16. The number of ether oxygens (including phenoxy) is 1. The first kappa shape index (κ1) is 20.3. The van der Waals surface area contributed by atoms with Crippen molar-refractivity contribution in [2.75, 3.05) is 13.2 Å². The van der Waals surface area contributed by atoms with E-state index in [9.17, 15) is 27.7 Å². The molecule has 0 aromatic heterocycles. The fraction of sp³-hybridized carbons (Fsp3) is 0.188. The molecule has 0 spiro atoms. The summed E-state index contributed by atoms with van der Waals surface area (Å²) in [5.41, 5.74) is 0.323. The summed E-state index contributed by atoms with van der Waals surface area (Å²) in [6.07, 6.45) is 0.413. The van der Waals surface area contributed by atoms with Crippen LogP contribution >= 0.6 is 0 Å². The van der Waals surface area contributed by atoms with Crippen molar-refractivity contribution in [3.63, 3.8) is 0 Å². The summed E-state index contributed by atoms with van der Waals surface area (Å²) in [5.74, 6) is -1.61. The maximum absolute atomic E-state index is 13.2. The van der Waals surface area contributed by atoms with E-state index in [1.807, 2.05) is 0 Å². The molecule has 2 rings (SSSR count). The van der Waals surface area contributed by atoms with Crippen LogP contribution < -0.4 is 15.2 Å². The lowest BCUT2D eigenvalue weighted by molar-refractivity contribution is -0.385. The van der Waals surface area contributed by atoms with Gasteiger partial charge in [0.1, 0.15) is 5.82 Å². The Bertz CT molecular complexity index is 947. The Balaban J connectivity index is 1.83.